The van der Waals surface area contributed by atoms with Crippen LogP contribution >= 0.6 is 11.6 Å². The van der Waals surface area contributed by atoms with E-state index in [2.05, 4.69) is 19.2 Å². The number of nitrogens with one attached hydrogen (secondary N) is 1. The molecule has 0 heterocycles. The van der Waals surface area contributed by atoms with Crippen molar-refractivity contribution in [3.63, 3.8) is 0 Å². The Balaban J connectivity index is 1.60. The van der Waals surface area contributed by atoms with E-state index in [9.17, 15) is 4.79 Å². The molecule has 1 aromatic rings. The molecule has 114 valence electrons. The summed E-state index contributed by atoms with van der Waals surface area (Å²) >= 11 is 6.23. The Labute approximate surface area is 132 Å². The first-order valence-corrected chi connectivity index (χ1v) is 8.43. The van der Waals surface area contributed by atoms with Gasteiger partial charge in [-0.25, -0.2) is 0 Å². The molecule has 2 atom stereocenters. The molecule has 2 aliphatic carbocycles. The van der Waals surface area contributed by atoms with Crippen molar-refractivity contribution in [2.45, 2.75) is 57.4 Å². The summed E-state index contributed by atoms with van der Waals surface area (Å²) in [5.74, 6) is 1.44. The molecule has 2 fully saturated rings. The van der Waals surface area contributed by atoms with Crippen LogP contribution in [0.5, 0.6) is 0 Å². The maximum Gasteiger partial charge on any atom is 0.224 e. The molecule has 3 heteroatoms. The lowest BCUT2D eigenvalue weighted by Gasteiger charge is -2.37. The highest BCUT2D eigenvalue weighted by Crippen LogP contribution is 2.50. The molecule has 2 unspecified atom stereocenters. The van der Waals surface area contributed by atoms with Crippen LogP contribution in [0.1, 0.15) is 57.4 Å². The monoisotopic (exact) mass is 305 g/mol. The van der Waals surface area contributed by atoms with E-state index in [1.54, 1.807) is 0 Å². The van der Waals surface area contributed by atoms with Crippen LogP contribution in [0.4, 0.5) is 0 Å². The Morgan fingerprint density at radius 1 is 1.29 bits per heavy atom. The van der Waals surface area contributed by atoms with E-state index in [0.29, 0.717) is 5.92 Å². The molecule has 21 heavy (non-hydrogen) atoms. The van der Waals surface area contributed by atoms with Gasteiger partial charge in [-0.1, -0.05) is 36.7 Å². The third-order valence-electron chi connectivity index (χ3n) is 5.23. The van der Waals surface area contributed by atoms with E-state index in [-0.39, 0.29) is 17.4 Å². The van der Waals surface area contributed by atoms with Crippen LogP contribution in [0.15, 0.2) is 24.3 Å². The molecular weight excluding hydrogens is 282 g/mol. The van der Waals surface area contributed by atoms with Crippen molar-refractivity contribution in [3.05, 3.63) is 34.9 Å². The van der Waals surface area contributed by atoms with Crippen molar-refractivity contribution in [1.82, 2.24) is 5.32 Å². The fraction of sp³-hybridized carbons (Fsp3) is 0.611. The van der Waals surface area contributed by atoms with Gasteiger partial charge in [0.2, 0.25) is 5.91 Å². The zero-order chi connectivity index (χ0) is 15.0. The summed E-state index contributed by atoms with van der Waals surface area (Å²) in [4.78, 5) is 12.5. The Hall–Kier alpha value is -1.02. The fourth-order valence-electron chi connectivity index (χ4n) is 3.52. The smallest absolute Gasteiger partial charge is 0.224 e. The van der Waals surface area contributed by atoms with Crippen LogP contribution in [-0.2, 0) is 4.79 Å². The van der Waals surface area contributed by atoms with Crippen LogP contribution in [0.3, 0.4) is 0 Å². The minimum absolute atomic E-state index is 0.00276. The maximum absolute atomic E-state index is 12.5. The zero-order valence-electron chi connectivity index (χ0n) is 12.9. The van der Waals surface area contributed by atoms with Gasteiger partial charge in [0.15, 0.2) is 0 Å². The van der Waals surface area contributed by atoms with Crippen LogP contribution in [0.25, 0.3) is 0 Å². The van der Waals surface area contributed by atoms with E-state index < -0.39 is 0 Å². The molecule has 2 aliphatic rings. The molecule has 2 nitrogen and oxygen atoms in total. The highest BCUT2D eigenvalue weighted by molar-refractivity contribution is 6.31. The Morgan fingerprint density at radius 2 is 1.95 bits per heavy atom. The number of hydrogen-bond acceptors (Lipinski definition) is 1. The second-order valence-electron chi connectivity index (χ2n) is 7.20. The normalized spacial score (nSPS) is 35.3. The van der Waals surface area contributed by atoms with Gasteiger partial charge in [-0.3, -0.25) is 4.79 Å². The van der Waals surface area contributed by atoms with Gasteiger partial charge < -0.3 is 5.32 Å². The molecule has 3 rings (SSSR count). The lowest BCUT2D eigenvalue weighted by molar-refractivity contribution is -0.124. The zero-order valence-corrected chi connectivity index (χ0v) is 13.6. The van der Waals surface area contributed by atoms with Gasteiger partial charge in [0, 0.05) is 16.5 Å². The lowest BCUT2D eigenvalue weighted by Crippen LogP contribution is -2.48. The first kappa shape index (κ1) is 14.9. The predicted molar refractivity (Wildman–Crippen MR) is 86.5 cm³/mol. The van der Waals surface area contributed by atoms with Gasteiger partial charge in [0.1, 0.15) is 0 Å². The molecule has 1 amide bonds. The predicted octanol–water partition coefficient (Wildman–Crippen LogP) is 4.53. The van der Waals surface area contributed by atoms with Gasteiger partial charge >= 0.3 is 0 Å². The Morgan fingerprint density at radius 3 is 2.62 bits per heavy atom. The van der Waals surface area contributed by atoms with Crippen molar-refractivity contribution < 1.29 is 4.79 Å². The average Bonchev–Trinajstić information content (AvgIpc) is 3.23. The van der Waals surface area contributed by atoms with Crippen LogP contribution < -0.4 is 5.32 Å². The van der Waals surface area contributed by atoms with Crippen molar-refractivity contribution in [2.24, 2.45) is 11.8 Å². The molecule has 0 radical (unpaired) electrons. The second kappa shape index (κ2) is 5.64. The highest BCUT2D eigenvalue weighted by atomic mass is 35.5. The highest BCUT2D eigenvalue weighted by Gasteiger charge is 2.46. The molecular formula is C18H24ClNO. The quantitative estimate of drug-likeness (QED) is 0.873. The topological polar surface area (TPSA) is 29.1 Å². The first-order valence-electron chi connectivity index (χ1n) is 8.05. The molecule has 0 saturated heterocycles. The third kappa shape index (κ3) is 3.26. The number of hydrogen-bond donors (Lipinski definition) is 1. The van der Waals surface area contributed by atoms with Gasteiger partial charge in [-0.15, -0.1) is 0 Å². The number of amides is 1. The number of carbonyl (C=O) groups excluding carboxylic acids is 1. The summed E-state index contributed by atoms with van der Waals surface area (Å²) in [6, 6.07) is 7.89. The summed E-state index contributed by atoms with van der Waals surface area (Å²) in [6.45, 7) is 4.50. The summed E-state index contributed by atoms with van der Waals surface area (Å²) in [7, 11) is 0. The van der Waals surface area contributed by atoms with E-state index in [4.69, 9.17) is 11.6 Å². The average molecular weight is 306 g/mol. The minimum atomic E-state index is -0.00276. The van der Waals surface area contributed by atoms with Gasteiger partial charge in [-0.05, 0) is 62.5 Å². The van der Waals surface area contributed by atoms with E-state index >= 15 is 0 Å². The molecule has 0 bridgehead atoms. The van der Waals surface area contributed by atoms with Crippen molar-refractivity contribution >= 4 is 17.5 Å². The van der Waals surface area contributed by atoms with Crippen molar-refractivity contribution in [2.75, 3.05) is 0 Å². The Bertz CT molecular complexity index is 534. The van der Waals surface area contributed by atoms with E-state index in [1.807, 2.05) is 24.3 Å². The summed E-state index contributed by atoms with van der Waals surface area (Å²) < 4.78 is 0. The van der Waals surface area contributed by atoms with Gasteiger partial charge in [-0.2, -0.15) is 0 Å². The largest absolute Gasteiger partial charge is 0.351 e. The molecule has 1 N–H and O–H groups in total. The van der Waals surface area contributed by atoms with Gasteiger partial charge in [0.25, 0.3) is 0 Å². The Kier molecular flexibility index (Phi) is 4.00. The number of halogens is 1. The van der Waals surface area contributed by atoms with Crippen molar-refractivity contribution in [1.29, 1.82) is 0 Å². The number of carbonyl (C=O) groups is 1. The fourth-order valence-corrected chi connectivity index (χ4v) is 3.79. The lowest BCUT2D eigenvalue weighted by atomic mass is 9.78. The SMILES string of the molecule is CC1CCC(C)(NC(=O)C2CC2c2ccccc2Cl)CC1. The van der Waals surface area contributed by atoms with E-state index in [0.717, 1.165) is 35.8 Å². The van der Waals surface area contributed by atoms with Crippen LogP contribution in [-0.4, -0.2) is 11.4 Å². The van der Waals surface area contributed by atoms with Crippen LogP contribution in [0, 0.1) is 11.8 Å². The molecule has 0 aromatic heterocycles. The maximum atomic E-state index is 12.5. The standard InChI is InChI=1S/C18H24ClNO/c1-12-7-9-18(2,10-8-12)20-17(21)15-11-14(15)13-5-3-4-6-16(13)19/h3-6,12,14-15H,7-11H2,1-2H3,(H,20,21). The number of benzene rings is 1. The van der Waals surface area contributed by atoms with Crippen molar-refractivity contribution in [3.8, 4) is 0 Å². The molecule has 0 aliphatic heterocycles. The summed E-state index contributed by atoms with van der Waals surface area (Å²) in [6.07, 6.45) is 5.57. The first-order chi connectivity index (χ1) is 9.98. The second-order valence-corrected chi connectivity index (χ2v) is 7.61. The minimum Gasteiger partial charge on any atom is -0.351 e. The molecule has 0 spiro atoms. The summed E-state index contributed by atoms with van der Waals surface area (Å²) in [5, 5.41) is 4.10. The van der Waals surface area contributed by atoms with E-state index in [1.165, 1.54) is 12.8 Å². The molecule has 2 saturated carbocycles. The van der Waals surface area contributed by atoms with Gasteiger partial charge in [0.05, 0.1) is 0 Å². The summed E-state index contributed by atoms with van der Waals surface area (Å²) in [5.41, 5.74) is 1.12. The van der Waals surface area contributed by atoms with Crippen LogP contribution in [0.2, 0.25) is 5.02 Å². The number of rotatable bonds is 3. The molecule has 1 aromatic carbocycles. The third-order valence-corrected chi connectivity index (χ3v) is 5.58.